The molecule has 0 saturated carbocycles. The van der Waals surface area contributed by atoms with Crippen LogP contribution < -0.4 is 16.2 Å². The average molecular weight is 314 g/mol. The number of aromatic nitrogens is 2. The molecule has 1 aromatic heterocycles. The lowest BCUT2D eigenvalue weighted by Gasteiger charge is -2.24. The number of fused-ring (bicyclic) bond motifs is 1. The fourth-order valence-corrected chi connectivity index (χ4v) is 2.97. The molecule has 1 aromatic carbocycles. The monoisotopic (exact) mass is 314 g/mol. The molecule has 7 heteroatoms. The number of hydrogen-bond acceptors (Lipinski definition) is 5. The lowest BCUT2D eigenvalue weighted by molar-refractivity contribution is -0.135. The first-order valence-electron chi connectivity index (χ1n) is 7.51. The molecule has 120 valence electrons. The molecular formula is C16H18N4O3. The van der Waals surface area contributed by atoms with Crippen LogP contribution in [-0.2, 0) is 16.1 Å². The van der Waals surface area contributed by atoms with Gasteiger partial charge in [-0.25, -0.2) is 4.98 Å². The molecule has 3 rings (SSSR count). The summed E-state index contributed by atoms with van der Waals surface area (Å²) in [7, 11) is 1.85. The largest absolute Gasteiger partial charge is 0.316 e. The minimum atomic E-state index is -0.686. The van der Waals surface area contributed by atoms with Crippen LogP contribution in [-0.4, -0.2) is 28.4 Å². The number of nitrogens with one attached hydrogen (secondary N) is 2. The van der Waals surface area contributed by atoms with Crippen molar-refractivity contribution < 1.29 is 9.59 Å². The van der Waals surface area contributed by atoms with E-state index in [0.29, 0.717) is 29.7 Å². The van der Waals surface area contributed by atoms with E-state index in [1.165, 1.54) is 4.57 Å². The molecule has 0 spiro atoms. The number of carbonyl (C=O) groups is 2. The van der Waals surface area contributed by atoms with E-state index in [0.717, 1.165) is 5.56 Å². The van der Waals surface area contributed by atoms with E-state index < -0.39 is 11.9 Å². The maximum atomic E-state index is 12.8. The Morgan fingerprint density at radius 2 is 2.13 bits per heavy atom. The Balaban J connectivity index is 2.12. The highest BCUT2D eigenvalue weighted by atomic mass is 16.2. The van der Waals surface area contributed by atoms with Crippen LogP contribution in [0, 0.1) is 6.92 Å². The number of carbonyl (C=O) groups excluding carboxylic acids is 2. The Hall–Kier alpha value is -2.54. The smallest absolute Gasteiger partial charge is 0.262 e. The van der Waals surface area contributed by atoms with Crippen LogP contribution in [0.4, 0.5) is 0 Å². The van der Waals surface area contributed by atoms with Gasteiger partial charge in [0, 0.05) is 13.0 Å². The molecule has 2 aromatic rings. The number of nitrogens with zero attached hydrogens (tertiary/aromatic N) is 2. The van der Waals surface area contributed by atoms with Gasteiger partial charge in [-0.1, -0.05) is 6.07 Å². The second-order valence-corrected chi connectivity index (χ2v) is 5.68. The zero-order valence-corrected chi connectivity index (χ0v) is 13.0. The molecule has 23 heavy (non-hydrogen) atoms. The highest BCUT2D eigenvalue weighted by Crippen LogP contribution is 2.20. The predicted molar refractivity (Wildman–Crippen MR) is 84.9 cm³/mol. The van der Waals surface area contributed by atoms with Gasteiger partial charge in [-0.3, -0.25) is 24.3 Å². The Labute approximate surface area is 132 Å². The van der Waals surface area contributed by atoms with Crippen LogP contribution in [0.15, 0.2) is 23.0 Å². The molecular weight excluding hydrogens is 296 g/mol. The minimum Gasteiger partial charge on any atom is -0.316 e. The van der Waals surface area contributed by atoms with Gasteiger partial charge in [0.25, 0.3) is 5.56 Å². The Morgan fingerprint density at radius 1 is 1.35 bits per heavy atom. The third-order valence-corrected chi connectivity index (χ3v) is 4.04. The van der Waals surface area contributed by atoms with Crippen molar-refractivity contribution >= 4 is 22.7 Å². The molecule has 1 aliphatic rings. The maximum Gasteiger partial charge on any atom is 0.262 e. The molecule has 1 atom stereocenters. The van der Waals surface area contributed by atoms with Crippen molar-refractivity contribution in [1.82, 2.24) is 20.2 Å². The highest BCUT2D eigenvalue weighted by Gasteiger charge is 2.30. The summed E-state index contributed by atoms with van der Waals surface area (Å²) in [6.07, 6.45) is 0.540. The summed E-state index contributed by atoms with van der Waals surface area (Å²) in [5.41, 5.74) is 1.40. The normalized spacial score (nSPS) is 18.3. The van der Waals surface area contributed by atoms with Gasteiger partial charge < -0.3 is 5.32 Å². The Morgan fingerprint density at radius 3 is 2.83 bits per heavy atom. The molecule has 7 nitrogen and oxygen atoms in total. The molecule has 0 aliphatic carbocycles. The number of amides is 2. The van der Waals surface area contributed by atoms with Crippen molar-refractivity contribution in [3.05, 3.63) is 39.9 Å². The molecule has 0 bridgehead atoms. The topological polar surface area (TPSA) is 93.1 Å². The first-order valence-corrected chi connectivity index (χ1v) is 7.51. The first kappa shape index (κ1) is 15.4. The fourth-order valence-electron chi connectivity index (χ4n) is 2.97. The summed E-state index contributed by atoms with van der Waals surface area (Å²) in [6.45, 7) is 2.39. The van der Waals surface area contributed by atoms with Gasteiger partial charge in [0.1, 0.15) is 11.9 Å². The van der Waals surface area contributed by atoms with Gasteiger partial charge in [-0.05, 0) is 38.1 Å². The molecule has 1 unspecified atom stereocenters. The summed E-state index contributed by atoms with van der Waals surface area (Å²) < 4.78 is 1.39. The van der Waals surface area contributed by atoms with Gasteiger partial charge in [0.15, 0.2) is 0 Å². The van der Waals surface area contributed by atoms with Crippen LogP contribution in [0.2, 0.25) is 0 Å². The van der Waals surface area contributed by atoms with Crippen LogP contribution >= 0.6 is 0 Å². The minimum absolute atomic E-state index is 0.224. The molecule has 1 saturated heterocycles. The van der Waals surface area contributed by atoms with Crippen molar-refractivity contribution in [3.8, 4) is 0 Å². The summed E-state index contributed by atoms with van der Waals surface area (Å²) in [5, 5.41) is 5.81. The number of benzene rings is 1. The molecule has 2 N–H and O–H groups in total. The van der Waals surface area contributed by atoms with Crippen molar-refractivity contribution in [2.24, 2.45) is 0 Å². The number of aryl methyl sites for hydroxylation is 1. The van der Waals surface area contributed by atoms with E-state index >= 15 is 0 Å². The van der Waals surface area contributed by atoms with Crippen LogP contribution in [0.5, 0.6) is 0 Å². The third kappa shape index (κ3) is 2.75. The van der Waals surface area contributed by atoms with E-state index in [9.17, 15) is 14.4 Å². The van der Waals surface area contributed by atoms with Crippen LogP contribution in [0.1, 0.15) is 30.3 Å². The molecule has 1 fully saturated rings. The summed E-state index contributed by atoms with van der Waals surface area (Å²) >= 11 is 0. The van der Waals surface area contributed by atoms with Gasteiger partial charge in [0.2, 0.25) is 11.8 Å². The standard InChI is InChI=1S/C16H18N4O3/c1-9-18-12-7-10(8-17-2)3-4-11(12)16(23)20(9)13-5-6-14(21)19-15(13)22/h3-4,7,13,17H,5-6,8H2,1-2H3,(H,19,21,22). The van der Waals surface area contributed by atoms with Gasteiger partial charge >= 0.3 is 0 Å². The number of imide groups is 1. The SMILES string of the molecule is CNCc1ccc2c(=O)n(C3CCC(=O)NC3=O)c(C)nc2c1. The summed E-state index contributed by atoms with van der Waals surface area (Å²) in [6, 6.07) is 4.79. The Bertz CT molecular complexity index is 856. The van der Waals surface area contributed by atoms with E-state index in [1.54, 1.807) is 13.0 Å². The Kier molecular flexibility index (Phi) is 3.96. The lowest BCUT2D eigenvalue weighted by Crippen LogP contribution is -2.45. The summed E-state index contributed by atoms with van der Waals surface area (Å²) in [4.78, 5) is 40.6. The molecule has 2 amide bonds. The van der Waals surface area contributed by atoms with Crippen LogP contribution in [0.3, 0.4) is 0 Å². The highest BCUT2D eigenvalue weighted by molar-refractivity contribution is 5.99. The zero-order chi connectivity index (χ0) is 16.6. The van der Waals surface area contributed by atoms with Crippen molar-refractivity contribution in [1.29, 1.82) is 0 Å². The number of hydrogen-bond donors (Lipinski definition) is 2. The van der Waals surface area contributed by atoms with E-state index in [1.807, 2.05) is 19.2 Å². The second kappa shape index (κ2) is 5.92. The first-order chi connectivity index (χ1) is 11.0. The molecule has 0 radical (unpaired) electrons. The quantitative estimate of drug-likeness (QED) is 0.800. The van der Waals surface area contributed by atoms with Gasteiger partial charge in [0.05, 0.1) is 10.9 Å². The molecule has 2 heterocycles. The predicted octanol–water partition coefficient (Wildman–Crippen LogP) is 0.402. The summed E-state index contributed by atoms with van der Waals surface area (Å²) in [5.74, 6) is -0.277. The van der Waals surface area contributed by atoms with E-state index in [2.05, 4.69) is 15.6 Å². The van der Waals surface area contributed by atoms with Crippen molar-refractivity contribution in [2.75, 3.05) is 7.05 Å². The average Bonchev–Trinajstić information content (AvgIpc) is 2.49. The lowest BCUT2D eigenvalue weighted by atomic mass is 10.1. The third-order valence-electron chi connectivity index (χ3n) is 4.04. The van der Waals surface area contributed by atoms with Crippen LogP contribution in [0.25, 0.3) is 10.9 Å². The molecule has 1 aliphatic heterocycles. The van der Waals surface area contributed by atoms with Crippen molar-refractivity contribution in [3.63, 3.8) is 0 Å². The van der Waals surface area contributed by atoms with Gasteiger partial charge in [-0.2, -0.15) is 0 Å². The van der Waals surface area contributed by atoms with E-state index in [-0.39, 0.29) is 17.9 Å². The number of rotatable bonds is 3. The zero-order valence-electron chi connectivity index (χ0n) is 13.0. The maximum absolute atomic E-state index is 12.8. The number of piperidine rings is 1. The van der Waals surface area contributed by atoms with E-state index in [4.69, 9.17) is 0 Å². The van der Waals surface area contributed by atoms with Gasteiger partial charge in [-0.15, -0.1) is 0 Å². The fraction of sp³-hybridized carbons (Fsp3) is 0.375. The van der Waals surface area contributed by atoms with Crippen molar-refractivity contribution in [2.45, 2.75) is 32.4 Å². The second-order valence-electron chi connectivity index (χ2n) is 5.68.